The number of carbonyl (C=O) groups excluding carboxylic acids is 1. The van der Waals surface area contributed by atoms with Gasteiger partial charge in [0.15, 0.2) is 5.78 Å². The van der Waals surface area contributed by atoms with E-state index in [2.05, 4.69) is 6.07 Å². The maximum atomic E-state index is 12.3. The number of fused-ring (bicyclic) bond motifs is 1. The Hall–Kier alpha value is -1.57. The highest BCUT2D eigenvalue weighted by Crippen LogP contribution is 2.32. The van der Waals surface area contributed by atoms with Crippen LogP contribution in [0.2, 0.25) is 0 Å². The van der Waals surface area contributed by atoms with E-state index in [1.54, 1.807) is 0 Å². The van der Waals surface area contributed by atoms with Crippen molar-refractivity contribution in [2.75, 3.05) is 0 Å². The Morgan fingerprint density at radius 2 is 2.12 bits per heavy atom. The molecule has 1 aliphatic rings. The van der Waals surface area contributed by atoms with Crippen LogP contribution in [0, 0.1) is 5.92 Å². The number of aromatic nitrogens is 1. The summed E-state index contributed by atoms with van der Waals surface area (Å²) >= 11 is 0. The second-order valence-electron chi connectivity index (χ2n) is 5.10. The smallest absolute Gasteiger partial charge is 0.165 e. The van der Waals surface area contributed by atoms with Gasteiger partial charge in [0, 0.05) is 36.1 Å². The van der Waals surface area contributed by atoms with Crippen molar-refractivity contribution in [1.82, 2.24) is 4.57 Å². The van der Waals surface area contributed by atoms with Crippen molar-refractivity contribution in [2.24, 2.45) is 13.0 Å². The summed E-state index contributed by atoms with van der Waals surface area (Å²) in [5, 5.41) is 1.10. The molecule has 1 heterocycles. The fourth-order valence-electron chi connectivity index (χ4n) is 2.63. The Labute approximate surface area is 101 Å². The fraction of sp³-hybridized carbons (Fsp3) is 0.400. The zero-order chi connectivity index (χ0) is 11.8. The number of hydrogen-bond acceptors (Lipinski definition) is 1. The number of para-hydroxylation sites is 1. The van der Waals surface area contributed by atoms with Crippen LogP contribution in [-0.2, 0) is 7.05 Å². The monoisotopic (exact) mass is 227 g/mol. The molecule has 1 saturated carbocycles. The molecule has 0 N–H and O–H groups in total. The van der Waals surface area contributed by atoms with Gasteiger partial charge in [-0.3, -0.25) is 4.79 Å². The van der Waals surface area contributed by atoms with Gasteiger partial charge in [0.25, 0.3) is 0 Å². The zero-order valence-electron chi connectivity index (χ0n) is 10.1. The Balaban J connectivity index is 1.96. The Morgan fingerprint density at radius 1 is 1.35 bits per heavy atom. The lowest BCUT2D eigenvalue weighted by molar-refractivity contribution is 0.0938. The van der Waals surface area contributed by atoms with Gasteiger partial charge in [-0.1, -0.05) is 37.5 Å². The van der Waals surface area contributed by atoms with Crippen LogP contribution in [0.5, 0.6) is 0 Å². The lowest BCUT2D eigenvalue weighted by Crippen LogP contribution is -2.15. The number of carbonyl (C=O) groups is 1. The predicted octanol–water partition coefficient (Wildman–Crippen LogP) is 3.55. The summed E-state index contributed by atoms with van der Waals surface area (Å²) in [6.07, 6.45) is 6.47. The topological polar surface area (TPSA) is 22.0 Å². The maximum absolute atomic E-state index is 12.3. The third-order valence-electron chi connectivity index (χ3n) is 3.90. The first-order valence-corrected chi connectivity index (χ1v) is 6.33. The van der Waals surface area contributed by atoms with Crippen molar-refractivity contribution in [2.45, 2.75) is 25.7 Å². The molecule has 0 amide bonds. The second kappa shape index (κ2) is 4.02. The third kappa shape index (κ3) is 1.78. The van der Waals surface area contributed by atoms with Crippen LogP contribution in [-0.4, -0.2) is 10.4 Å². The molecule has 17 heavy (non-hydrogen) atoms. The van der Waals surface area contributed by atoms with Crippen LogP contribution in [0.25, 0.3) is 10.9 Å². The molecule has 1 aromatic carbocycles. The highest BCUT2D eigenvalue weighted by atomic mass is 16.1. The van der Waals surface area contributed by atoms with Gasteiger partial charge in [0.05, 0.1) is 0 Å². The van der Waals surface area contributed by atoms with Crippen LogP contribution >= 0.6 is 0 Å². The van der Waals surface area contributed by atoms with Gasteiger partial charge < -0.3 is 4.57 Å². The van der Waals surface area contributed by atoms with Gasteiger partial charge in [-0.05, 0) is 12.0 Å². The van der Waals surface area contributed by atoms with Crippen LogP contribution in [0.1, 0.15) is 36.0 Å². The van der Waals surface area contributed by atoms with Crippen LogP contribution in [0.3, 0.4) is 0 Å². The summed E-state index contributed by atoms with van der Waals surface area (Å²) < 4.78 is 2.04. The minimum Gasteiger partial charge on any atom is -0.350 e. The van der Waals surface area contributed by atoms with Crippen molar-refractivity contribution in [3.63, 3.8) is 0 Å². The minimum atomic E-state index is 0.312. The molecule has 0 aliphatic heterocycles. The molecular formula is C15H17NO. The molecule has 0 unspecified atom stereocenters. The Bertz CT molecular complexity index is 563. The first kappa shape index (κ1) is 10.6. The highest BCUT2D eigenvalue weighted by molar-refractivity contribution is 6.08. The molecule has 1 aliphatic carbocycles. The summed E-state index contributed by atoms with van der Waals surface area (Å²) in [6, 6.07) is 8.13. The number of ketones is 1. The summed E-state index contributed by atoms with van der Waals surface area (Å²) in [7, 11) is 2.00. The van der Waals surface area contributed by atoms with Gasteiger partial charge in [-0.15, -0.1) is 0 Å². The SMILES string of the molecule is Cn1cc(C(=O)CC2CCC2)c2ccccc21. The van der Waals surface area contributed by atoms with E-state index in [1.807, 2.05) is 36.0 Å². The van der Waals surface area contributed by atoms with Crippen molar-refractivity contribution >= 4 is 16.7 Å². The summed E-state index contributed by atoms with van der Waals surface area (Å²) in [5.41, 5.74) is 2.04. The first-order chi connectivity index (χ1) is 8.25. The minimum absolute atomic E-state index is 0.312. The molecule has 1 aromatic heterocycles. The first-order valence-electron chi connectivity index (χ1n) is 6.33. The van der Waals surface area contributed by atoms with Crippen molar-refractivity contribution in [1.29, 1.82) is 0 Å². The standard InChI is InChI=1S/C15H17NO/c1-16-10-13(12-7-2-3-8-14(12)16)15(17)9-11-5-4-6-11/h2-3,7-8,10-11H,4-6,9H2,1H3. The Morgan fingerprint density at radius 3 is 2.82 bits per heavy atom. The summed E-state index contributed by atoms with van der Waals surface area (Å²) in [5.74, 6) is 0.952. The highest BCUT2D eigenvalue weighted by Gasteiger charge is 2.23. The van der Waals surface area contributed by atoms with Crippen molar-refractivity contribution in [3.05, 3.63) is 36.0 Å². The molecule has 2 nitrogen and oxygen atoms in total. The van der Waals surface area contributed by atoms with E-state index >= 15 is 0 Å². The van der Waals surface area contributed by atoms with Gasteiger partial charge >= 0.3 is 0 Å². The number of rotatable bonds is 3. The van der Waals surface area contributed by atoms with Gasteiger partial charge in [0.2, 0.25) is 0 Å². The van der Waals surface area contributed by atoms with Crippen molar-refractivity contribution in [3.8, 4) is 0 Å². The number of benzene rings is 1. The van der Waals surface area contributed by atoms with Gasteiger partial charge in [0.1, 0.15) is 0 Å². The third-order valence-corrected chi connectivity index (χ3v) is 3.90. The van der Waals surface area contributed by atoms with E-state index in [-0.39, 0.29) is 0 Å². The Kier molecular flexibility index (Phi) is 2.50. The summed E-state index contributed by atoms with van der Waals surface area (Å²) in [6.45, 7) is 0. The molecule has 2 aromatic rings. The van der Waals surface area contributed by atoms with Gasteiger partial charge in [-0.2, -0.15) is 0 Å². The number of hydrogen-bond donors (Lipinski definition) is 0. The molecule has 88 valence electrons. The summed E-state index contributed by atoms with van der Waals surface area (Å²) in [4.78, 5) is 12.3. The molecule has 0 radical (unpaired) electrons. The molecular weight excluding hydrogens is 210 g/mol. The fourth-order valence-corrected chi connectivity index (χ4v) is 2.63. The zero-order valence-corrected chi connectivity index (χ0v) is 10.1. The molecule has 2 heteroatoms. The van der Waals surface area contributed by atoms with E-state index in [1.165, 1.54) is 19.3 Å². The van der Waals surface area contributed by atoms with Crippen molar-refractivity contribution < 1.29 is 4.79 Å². The molecule has 1 fully saturated rings. The van der Waals surface area contributed by atoms with Crippen LogP contribution in [0.4, 0.5) is 0 Å². The molecule has 0 atom stereocenters. The molecule has 0 bridgehead atoms. The average Bonchev–Trinajstić information content (AvgIpc) is 2.62. The number of Topliss-reactive ketones (excluding diaryl/α,β-unsaturated/α-hetero) is 1. The van der Waals surface area contributed by atoms with E-state index in [4.69, 9.17) is 0 Å². The lowest BCUT2D eigenvalue weighted by Gasteiger charge is -2.24. The number of nitrogens with zero attached hydrogens (tertiary/aromatic N) is 1. The molecule has 0 saturated heterocycles. The second-order valence-corrected chi connectivity index (χ2v) is 5.10. The normalized spacial score (nSPS) is 16.1. The van der Waals surface area contributed by atoms with E-state index in [9.17, 15) is 4.79 Å². The van der Waals surface area contributed by atoms with Crippen LogP contribution < -0.4 is 0 Å². The number of aryl methyl sites for hydroxylation is 1. The lowest BCUT2D eigenvalue weighted by atomic mass is 9.81. The predicted molar refractivity (Wildman–Crippen MR) is 69.2 cm³/mol. The maximum Gasteiger partial charge on any atom is 0.165 e. The van der Waals surface area contributed by atoms with E-state index in [0.717, 1.165) is 22.9 Å². The van der Waals surface area contributed by atoms with Gasteiger partial charge in [-0.25, -0.2) is 0 Å². The quantitative estimate of drug-likeness (QED) is 0.735. The molecule has 0 spiro atoms. The van der Waals surface area contributed by atoms with E-state index in [0.29, 0.717) is 11.7 Å². The van der Waals surface area contributed by atoms with Crippen LogP contribution in [0.15, 0.2) is 30.5 Å². The van der Waals surface area contributed by atoms with E-state index < -0.39 is 0 Å². The average molecular weight is 227 g/mol. The largest absolute Gasteiger partial charge is 0.350 e. The molecule has 3 rings (SSSR count).